The summed E-state index contributed by atoms with van der Waals surface area (Å²) >= 11 is 0. The van der Waals surface area contributed by atoms with Gasteiger partial charge in [0.1, 0.15) is 11.9 Å². The van der Waals surface area contributed by atoms with E-state index in [1.165, 1.54) is 12.5 Å². The van der Waals surface area contributed by atoms with E-state index in [-0.39, 0.29) is 11.9 Å². The van der Waals surface area contributed by atoms with E-state index in [9.17, 15) is 4.79 Å². The van der Waals surface area contributed by atoms with Crippen molar-refractivity contribution in [3.8, 4) is 5.75 Å². The van der Waals surface area contributed by atoms with Crippen molar-refractivity contribution in [1.29, 1.82) is 0 Å². The van der Waals surface area contributed by atoms with Gasteiger partial charge in [-0.3, -0.25) is 4.79 Å². The van der Waals surface area contributed by atoms with E-state index in [2.05, 4.69) is 5.32 Å². The summed E-state index contributed by atoms with van der Waals surface area (Å²) in [6.45, 7) is 3.40. The van der Waals surface area contributed by atoms with Gasteiger partial charge >= 0.3 is 0 Å². The monoisotopic (exact) mass is 251 g/mol. The smallest absolute Gasteiger partial charge is 0.248 e. The highest BCUT2D eigenvalue weighted by Crippen LogP contribution is 2.13. The number of rotatable bonds is 6. The number of benzene rings is 1. The third-order valence-electron chi connectivity index (χ3n) is 2.79. The normalized spacial score (nSPS) is 13.8. The van der Waals surface area contributed by atoms with Gasteiger partial charge in [-0.15, -0.1) is 0 Å². The van der Waals surface area contributed by atoms with Gasteiger partial charge in [-0.1, -0.05) is 12.1 Å². The van der Waals surface area contributed by atoms with Crippen LogP contribution in [0.4, 0.5) is 0 Å². The van der Waals surface area contributed by atoms with Gasteiger partial charge in [0.15, 0.2) is 0 Å². The van der Waals surface area contributed by atoms with E-state index < -0.39 is 6.10 Å². The minimum atomic E-state index is -0.951. The molecule has 1 aromatic rings. The van der Waals surface area contributed by atoms with Gasteiger partial charge in [-0.05, 0) is 44.4 Å². The largest absolute Gasteiger partial charge is 0.497 e. The van der Waals surface area contributed by atoms with Crippen molar-refractivity contribution < 1.29 is 14.6 Å². The molecule has 0 aliphatic rings. The van der Waals surface area contributed by atoms with Crippen LogP contribution in [0.2, 0.25) is 0 Å². The first kappa shape index (κ1) is 14.5. The Bertz CT molecular complexity index is 373. The molecule has 1 rings (SSSR count). The Kier molecular flexibility index (Phi) is 5.65. The number of nitrogens with one attached hydrogen (secondary N) is 1. The quantitative estimate of drug-likeness (QED) is 0.805. The fourth-order valence-electron chi connectivity index (χ4n) is 1.61. The van der Waals surface area contributed by atoms with Gasteiger partial charge in [0.25, 0.3) is 0 Å². The molecule has 4 heteroatoms. The zero-order chi connectivity index (χ0) is 13.5. The molecule has 18 heavy (non-hydrogen) atoms. The average molecular weight is 251 g/mol. The predicted molar refractivity (Wildman–Crippen MR) is 70.6 cm³/mol. The lowest BCUT2D eigenvalue weighted by molar-refractivity contribution is -0.129. The van der Waals surface area contributed by atoms with Gasteiger partial charge in [-0.25, -0.2) is 0 Å². The van der Waals surface area contributed by atoms with E-state index in [4.69, 9.17) is 9.84 Å². The molecule has 4 nitrogen and oxygen atoms in total. The molecule has 0 radical (unpaired) electrons. The first-order valence-electron chi connectivity index (χ1n) is 6.14. The van der Waals surface area contributed by atoms with Crippen LogP contribution < -0.4 is 10.1 Å². The zero-order valence-electron chi connectivity index (χ0n) is 11.1. The molecule has 0 saturated heterocycles. The Morgan fingerprint density at radius 1 is 1.33 bits per heavy atom. The zero-order valence-corrected chi connectivity index (χ0v) is 11.1. The molecule has 2 unspecified atom stereocenters. The minimum absolute atomic E-state index is 0.0502. The highest BCUT2D eigenvalue weighted by molar-refractivity contribution is 5.80. The SMILES string of the molecule is COc1ccc(CCC(C)NC(=O)C(C)O)cc1. The van der Waals surface area contributed by atoms with E-state index in [0.717, 1.165) is 18.6 Å². The van der Waals surface area contributed by atoms with Crippen LogP contribution in [0.15, 0.2) is 24.3 Å². The van der Waals surface area contributed by atoms with Crippen LogP contribution >= 0.6 is 0 Å². The standard InChI is InChI=1S/C14H21NO3/c1-10(15-14(17)11(2)16)4-5-12-6-8-13(18-3)9-7-12/h6-11,16H,4-5H2,1-3H3,(H,15,17). The number of amides is 1. The predicted octanol–water partition coefficient (Wildman–Crippen LogP) is 1.51. The summed E-state index contributed by atoms with van der Waals surface area (Å²) in [5.74, 6) is 0.520. The second kappa shape index (κ2) is 7.01. The van der Waals surface area contributed by atoms with Gasteiger partial charge in [-0.2, -0.15) is 0 Å². The molecule has 2 atom stereocenters. The summed E-state index contributed by atoms with van der Waals surface area (Å²) in [6, 6.07) is 7.93. The van der Waals surface area contributed by atoms with Gasteiger partial charge in [0.2, 0.25) is 5.91 Å². The Hall–Kier alpha value is -1.55. The molecule has 0 spiro atoms. The van der Waals surface area contributed by atoms with Crippen LogP contribution in [0.3, 0.4) is 0 Å². The Morgan fingerprint density at radius 3 is 2.44 bits per heavy atom. The second-order valence-electron chi connectivity index (χ2n) is 4.47. The topological polar surface area (TPSA) is 58.6 Å². The van der Waals surface area contributed by atoms with E-state index >= 15 is 0 Å². The van der Waals surface area contributed by atoms with Crippen LogP contribution in [0, 0.1) is 0 Å². The summed E-state index contributed by atoms with van der Waals surface area (Å²) in [5, 5.41) is 11.8. The average Bonchev–Trinajstić information content (AvgIpc) is 2.36. The summed E-state index contributed by atoms with van der Waals surface area (Å²) in [4.78, 5) is 11.3. The molecule has 0 saturated carbocycles. The summed E-state index contributed by atoms with van der Waals surface area (Å²) < 4.78 is 5.09. The number of hydrogen-bond acceptors (Lipinski definition) is 3. The highest BCUT2D eigenvalue weighted by atomic mass is 16.5. The van der Waals surface area contributed by atoms with Crippen LogP contribution in [0.25, 0.3) is 0 Å². The maximum atomic E-state index is 11.3. The van der Waals surface area contributed by atoms with Crippen molar-refractivity contribution in [2.75, 3.05) is 7.11 Å². The molecule has 0 bridgehead atoms. The Morgan fingerprint density at radius 2 is 1.94 bits per heavy atom. The third-order valence-corrected chi connectivity index (χ3v) is 2.79. The number of aliphatic hydroxyl groups is 1. The number of aryl methyl sites for hydroxylation is 1. The van der Waals surface area contributed by atoms with Crippen molar-refractivity contribution in [3.05, 3.63) is 29.8 Å². The highest BCUT2D eigenvalue weighted by Gasteiger charge is 2.11. The van der Waals surface area contributed by atoms with Crippen LogP contribution in [0.1, 0.15) is 25.8 Å². The maximum absolute atomic E-state index is 11.3. The van der Waals surface area contributed by atoms with Crippen molar-refractivity contribution in [1.82, 2.24) is 5.32 Å². The number of carbonyl (C=O) groups excluding carboxylic acids is 1. The number of carbonyl (C=O) groups is 1. The molecule has 0 heterocycles. The lowest BCUT2D eigenvalue weighted by Crippen LogP contribution is -2.38. The molecule has 1 aromatic carbocycles. The van der Waals surface area contributed by atoms with E-state index in [0.29, 0.717) is 0 Å². The maximum Gasteiger partial charge on any atom is 0.248 e. The molecule has 1 amide bonds. The molecule has 0 fully saturated rings. The Balaban J connectivity index is 2.37. The number of aliphatic hydroxyl groups excluding tert-OH is 1. The molecule has 2 N–H and O–H groups in total. The lowest BCUT2D eigenvalue weighted by atomic mass is 10.1. The first-order valence-corrected chi connectivity index (χ1v) is 6.14. The summed E-state index contributed by atoms with van der Waals surface area (Å²) in [7, 11) is 1.64. The van der Waals surface area contributed by atoms with E-state index in [1.54, 1.807) is 7.11 Å². The number of hydrogen-bond donors (Lipinski definition) is 2. The van der Waals surface area contributed by atoms with Gasteiger partial charge in [0.05, 0.1) is 7.11 Å². The lowest BCUT2D eigenvalue weighted by Gasteiger charge is -2.15. The minimum Gasteiger partial charge on any atom is -0.497 e. The fraction of sp³-hybridized carbons (Fsp3) is 0.500. The van der Waals surface area contributed by atoms with Crippen molar-refractivity contribution >= 4 is 5.91 Å². The molecule has 0 aliphatic heterocycles. The fourth-order valence-corrected chi connectivity index (χ4v) is 1.61. The van der Waals surface area contributed by atoms with Crippen molar-refractivity contribution in [2.45, 2.75) is 38.8 Å². The number of ether oxygens (including phenoxy) is 1. The van der Waals surface area contributed by atoms with Crippen LogP contribution in [-0.2, 0) is 11.2 Å². The molecular formula is C14H21NO3. The third kappa shape index (κ3) is 4.75. The summed E-state index contributed by atoms with van der Waals surface area (Å²) in [6.07, 6.45) is 0.768. The van der Waals surface area contributed by atoms with Crippen molar-refractivity contribution in [3.63, 3.8) is 0 Å². The van der Waals surface area contributed by atoms with Gasteiger partial charge in [0, 0.05) is 6.04 Å². The summed E-state index contributed by atoms with van der Waals surface area (Å²) in [5.41, 5.74) is 1.20. The van der Waals surface area contributed by atoms with E-state index in [1.807, 2.05) is 31.2 Å². The van der Waals surface area contributed by atoms with Gasteiger partial charge < -0.3 is 15.2 Å². The van der Waals surface area contributed by atoms with Crippen LogP contribution in [0.5, 0.6) is 5.75 Å². The molecular weight excluding hydrogens is 230 g/mol. The number of methoxy groups -OCH3 is 1. The Labute approximate surface area is 108 Å². The van der Waals surface area contributed by atoms with Crippen LogP contribution in [-0.4, -0.2) is 30.3 Å². The molecule has 0 aromatic heterocycles. The molecule has 0 aliphatic carbocycles. The molecule has 100 valence electrons. The van der Waals surface area contributed by atoms with Crippen molar-refractivity contribution in [2.24, 2.45) is 0 Å². The second-order valence-corrected chi connectivity index (χ2v) is 4.47. The first-order chi connectivity index (χ1) is 8.52.